The smallest absolute Gasteiger partial charge is 0.194 e. The molecule has 2 rings (SSSR count). The Labute approximate surface area is 125 Å². The van der Waals surface area contributed by atoms with Crippen molar-refractivity contribution in [2.75, 3.05) is 33.4 Å². The van der Waals surface area contributed by atoms with Gasteiger partial charge in [0.15, 0.2) is 5.96 Å². The van der Waals surface area contributed by atoms with Crippen LogP contribution >= 0.6 is 11.3 Å². The SMILES string of the molecule is CCNC(=NCc1ncc(C)s1)N1CCC(COC)C1. The number of aliphatic imine (C=N–C) groups is 1. The van der Waals surface area contributed by atoms with E-state index in [2.05, 4.69) is 29.0 Å². The normalized spacial score (nSPS) is 19.6. The summed E-state index contributed by atoms with van der Waals surface area (Å²) in [4.78, 5) is 12.6. The van der Waals surface area contributed by atoms with Crippen LogP contribution in [0.4, 0.5) is 0 Å². The first kappa shape index (κ1) is 15.3. The molecule has 5 nitrogen and oxygen atoms in total. The standard InChI is InChI=1S/C14H24N4OS/c1-4-15-14(17-8-13-16-7-11(2)20-13)18-6-5-12(9-18)10-19-3/h7,12H,4-6,8-10H2,1-3H3,(H,15,17). The Kier molecular flexibility index (Phi) is 5.79. The van der Waals surface area contributed by atoms with Crippen LogP contribution in [0.2, 0.25) is 0 Å². The number of hydrogen-bond acceptors (Lipinski definition) is 4. The minimum Gasteiger partial charge on any atom is -0.384 e. The third kappa shape index (κ3) is 4.18. The second kappa shape index (κ2) is 7.59. The highest BCUT2D eigenvalue weighted by molar-refractivity contribution is 7.11. The van der Waals surface area contributed by atoms with Crippen molar-refractivity contribution in [2.45, 2.75) is 26.8 Å². The number of thiazole rings is 1. The van der Waals surface area contributed by atoms with E-state index >= 15 is 0 Å². The molecule has 0 saturated carbocycles. The first-order chi connectivity index (χ1) is 9.72. The number of methoxy groups -OCH3 is 1. The van der Waals surface area contributed by atoms with E-state index in [1.807, 2.05) is 6.20 Å². The van der Waals surface area contributed by atoms with Gasteiger partial charge in [-0.2, -0.15) is 0 Å². The number of rotatable bonds is 5. The lowest BCUT2D eigenvalue weighted by molar-refractivity contribution is 0.157. The van der Waals surface area contributed by atoms with Crippen LogP contribution in [0, 0.1) is 12.8 Å². The quantitative estimate of drug-likeness (QED) is 0.666. The molecule has 6 heteroatoms. The van der Waals surface area contributed by atoms with Gasteiger partial charge < -0.3 is 15.0 Å². The molecule has 1 aromatic heterocycles. The highest BCUT2D eigenvalue weighted by atomic mass is 32.1. The molecule has 0 amide bonds. The van der Waals surface area contributed by atoms with E-state index in [-0.39, 0.29) is 0 Å². The number of aryl methyl sites for hydroxylation is 1. The van der Waals surface area contributed by atoms with Gasteiger partial charge in [-0.05, 0) is 20.3 Å². The Morgan fingerprint density at radius 1 is 1.65 bits per heavy atom. The molecule has 1 fully saturated rings. The summed E-state index contributed by atoms with van der Waals surface area (Å²) in [5.74, 6) is 1.62. The first-order valence-electron chi connectivity index (χ1n) is 7.16. The topological polar surface area (TPSA) is 49.8 Å². The molecule has 0 aromatic carbocycles. The molecule has 1 aliphatic heterocycles. The van der Waals surface area contributed by atoms with Crippen LogP contribution in [0.3, 0.4) is 0 Å². The van der Waals surface area contributed by atoms with Gasteiger partial charge in [-0.1, -0.05) is 0 Å². The summed E-state index contributed by atoms with van der Waals surface area (Å²) in [6.45, 7) is 8.64. The summed E-state index contributed by atoms with van der Waals surface area (Å²) >= 11 is 1.71. The van der Waals surface area contributed by atoms with E-state index in [1.54, 1.807) is 18.4 Å². The van der Waals surface area contributed by atoms with E-state index in [0.717, 1.165) is 37.2 Å². The van der Waals surface area contributed by atoms with E-state index in [4.69, 9.17) is 9.73 Å². The van der Waals surface area contributed by atoms with Gasteiger partial charge in [-0.25, -0.2) is 9.98 Å². The van der Waals surface area contributed by atoms with Crippen LogP contribution in [0.1, 0.15) is 23.2 Å². The van der Waals surface area contributed by atoms with E-state index < -0.39 is 0 Å². The largest absolute Gasteiger partial charge is 0.384 e. The minimum atomic E-state index is 0.617. The van der Waals surface area contributed by atoms with Gasteiger partial charge in [0.25, 0.3) is 0 Å². The number of ether oxygens (including phenoxy) is 1. The fraction of sp³-hybridized carbons (Fsp3) is 0.714. The number of likely N-dealkylation sites (tertiary alicyclic amines) is 1. The van der Waals surface area contributed by atoms with Gasteiger partial charge in [0.1, 0.15) is 5.01 Å². The fourth-order valence-corrected chi connectivity index (χ4v) is 3.15. The summed E-state index contributed by atoms with van der Waals surface area (Å²) in [5.41, 5.74) is 0. The maximum absolute atomic E-state index is 5.25. The van der Waals surface area contributed by atoms with Crippen molar-refractivity contribution in [3.05, 3.63) is 16.1 Å². The summed E-state index contributed by atoms with van der Waals surface area (Å²) in [6.07, 6.45) is 3.08. The Balaban J connectivity index is 1.96. The van der Waals surface area contributed by atoms with E-state index in [1.165, 1.54) is 11.3 Å². The zero-order valence-corrected chi connectivity index (χ0v) is 13.4. The van der Waals surface area contributed by atoms with Crippen molar-refractivity contribution in [1.29, 1.82) is 0 Å². The minimum absolute atomic E-state index is 0.617. The lowest BCUT2D eigenvalue weighted by Gasteiger charge is -2.21. The zero-order chi connectivity index (χ0) is 14.4. The predicted octanol–water partition coefficient (Wildman–Crippen LogP) is 1.89. The third-order valence-corrected chi connectivity index (χ3v) is 4.25. The summed E-state index contributed by atoms with van der Waals surface area (Å²) in [5, 5.41) is 4.45. The predicted molar refractivity (Wildman–Crippen MR) is 83.2 cm³/mol. The maximum atomic E-state index is 5.25. The second-order valence-corrected chi connectivity index (χ2v) is 6.41. The third-order valence-electron chi connectivity index (χ3n) is 3.36. The highest BCUT2D eigenvalue weighted by Crippen LogP contribution is 2.17. The Morgan fingerprint density at radius 3 is 3.15 bits per heavy atom. The van der Waals surface area contributed by atoms with Gasteiger partial charge >= 0.3 is 0 Å². The van der Waals surface area contributed by atoms with Crippen LogP contribution in [0.25, 0.3) is 0 Å². The van der Waals surface area contributed by atoms with E-state index in [0.29, 0.717) is 12.5 Å². The highest BCUT2D eigenvalue weighted by Gasteiger charge is 2.24. The Bertz CT molecular complexity index is 446. The van der Waals surface area contributed by atoms with Crippen LogP contribution in [-0.2, 0) is 11.3 Å². The molecule has 20 heavy (non-hydrogen) atoms. The monoisotopic (exact) mass is 296 g/mol. The van der Waals surface area contributed by atoms with Gasteiger partial charge in [-0.15, -0.1) is 11.3 Å². The number of hydrogen-bond donors (Lipinski definition) is 1. The van der Waals surface area contributed by atoms with Crippen molar-refractivity contribution >= 4 is 17.3 Å². The van der Waals surface area contributed by atoms with Crippen molar-refractivity contribution in [3.63, 3.8) is 0 Å². The van der Waals surface area contributed by atoms with Crippen molar-refractivity contribution in [3.8, 4) is 0 Å². The molecule has 112 valence electrons. The molecule has 0 aliphatic carbocycles. The average molecular weight is 296 g/mol. The van der Waals surface area contributed by atoms with Gasteiger partial charge in [0.2, 0.25) is 0 Å². The number of nitrogens with one attached hydrogen (secondary N) is 1. The Morgan fingerprint density at radius 2 is 2.50 bits per heavy atom. The number of aromatic nitrogens is 1. The summed E-state index contributed by atoms with van der Waals surface area (Å²) in [7, 11) is 1.77. The summed E-state index contributed by atoms with van der Waals surface area (Å²) in [6, 6.07) is 0. The molecule has 2 heterocycles. The fourth-order valence-electron chi connectivity index (χ4n) is 2.44. The Hall–Kier alpha value is -1.14. The molecule has 1 aromatic rings. The summed E-state index contributed by atoms with van der Waals surface area (Å²) < 4.78 is 5.25. The molecule has 0 spiro atoms. The number of nitrogens with zero attached hydrogens (tertiary/aromatic N) is 3. The van der Waals surface area contributed by atoms with Crippen LogP contribution in [-0.4, -0.2) is 49.2 Å². The van der Waals surface area contributed by atoms with Crippen molar-refractivity contribution < 1.29 is 4.74 Å². The van der Waals surface area contributed by atoms with E-state index in [9.17, 15) is 0 Å². The number of guanidine groups is 1. The molecule has 1 aliphatic rings. The second-order valence-electron chi connectivity index (χ2n) is 5.09. The van der Waals surface area contributed by atoms with Gasteiger partial charge in [0.05, 0.1) is 13.2 Å². The van der Waals surface area contributed by atoms with Crippen LogP contribution in [0.15, 0.2) is 11.2 Å². The van der Waals surface area contributed by atoms with Crippen LogP contribution in [0.5, 0.6) is 0 Å². The van der Waals surface area contributed by atoms with Gasteiger partial charge in [0, 0.05) is 43.7 Å². The molecule has 1 saturated heterocycles. The first-order valence-corrected chi connectivity index (χ1v) is 7.98. The lowest BCUT2D eigenvalue weighted by Crippen LogP contribution is -2.40. The zero-order valence-electron chi connectivity index (χ0n) is 12.6. The molecular formula is C14H24N4OS. The van der Waals surface area contributed by atoms with Gasteiger partial charge in [-0.3, -0.25) is 0 Å². The molecular weight excluding hydrogens is 272 g/mol. The van der Waals surface area contributed by atoms with Crippen LogP contribution < -0.4 is 5.32 Å². The van der Waals surface area contributed by atoms with Crippen molar-refractivity contribution in [1.82, 2.24) is 15.2 Å². The maximum Gasteiger partial charge on any atom is 0.194 e. The average Bonchev–Trinajstić information content (AvgIpc) is 3.04. The van der Waals surface area contributed by atoms with Crippen molar-refractivity contribution in [2.24, 2.45) is 10.9 Å². The molecule has 0 radical (unpaired) electrons. The molecule has 1 N–H and O–H groups in total. The molecule has 1 unspecified atom stereocenters. The molecule has 0 bridgehead atoms. The lowest BCUT2D eigenvalue weighted by atomic mass is 10.1. The molecule has 1 atom stereocenters.